The molecule has 1 aliphatic heterocycles. The molecule has 4 rings (SSSR count). The molecule has 1 aliphatic rings. The third-order valence-corrected chi connectivity index (χ3v) is 6.55. The third-order valence-electron chi connectivity index (χ3n) is 6.55. The smallest absolute Gasteiger partial charge is 0.323 e. The van der Waals surface area contributed by atoms with Crippen LogP contribution in [0.3, 0.4) is 0 Å². The van der Waals surface area contributed by atoms with Crippen LogP contribution in [0.4, 0.5) is 0 Å². The number of carbonyl (C=O) groups is 1. The number of nitrogens with zero attached hydrogens (tertiary/aromatic N) is 3. The molecule has 9 nitrogen and oxygen atoms in total. The van der Waals surface area contributed by atoms with E-state index >= 15 is 0 Å². The summed E-state index contributed by atoms with van der Waals surface area (Å²) in [6, 6.07) is 6.74. The Morgan fingerprint density at radius 1 is 1.35 bits per heavy atom. The lowest BCUT2D eigenvalue weighted by atomic mass is 9.99. The Bertz CT molecular complexity index is 1210. The highest BCUT2D eigenvalue weighted by Gasteiger charge is 2.23. The first-order valence-electron chi connectivity index (χ1n) is 11.8. The molecule has 3 aromatic rings. The van der Waals surface area contributed by atoms with Gasteiger partial charge in [-0.3, -0.25) is 14.9 Å². The molecule has 182 valence electrons. The molecule has 0 radical (unpaired) electrons. The van der Waals surface area contributed by atoms with Crippen LogP contribution in [-0.2, 0) is 24.9 Å². The van der Waals surface area contributed by atoms with Crippen LogP contribution >= 0.6 is 0 Å². The van der Waals surface area contributed by atoms with Crippen LogP contribution in [-0.4, -0.2) is 55.5 Å². The number of carboxylic acid groups (broad SMARTS) is 1. The van der Waals surface area contributed by atoms with Crippen molar-refractivity contribution in [1.29, 1.82) is 0 Å². The molecule has 3 heterocycles. The van der Waals surface area contributed by atoms with E-state index in [4.69, 9.17) is 4.98 Å². The molecular weight excluding hydrogens is 434 g/mol. The first kappa shape index (κ1) is 24.1. The third kappa shape index (κ3) is 5.06. The second kappa shape index (κ2) is 10.1. The van der Waals surface area contributed by atoms with E-state index in [0.29, 0.717) is 18.0 Å². The molecule has 3 atom stereocenters. The second-order valence-electron chi connectivity index (χ2n) is 9.35. The normalized spacial score (nSPS) is 18.2. The van der Waals surface area contributed by atoms with Crippen molar-refractivity contribution < 1.29 is 15.0 Å². The first-order valence-corrected chi connectivity index (χ1v) is 11.8. The van der Waals surface area contributed by atoms with Gasteiger partial charge in [-0.1, -0.05) is 6.07 Å². The van der Waals surface area contributed by atoms with Gasteiger partial charge in [0.2, 0.25) is 0 Å². The SMILES string of the molecule is Cc1cc(-c2nc3ccc(CNC(C(=O)O)C(C)O)cc3n2C[C@H]2CCCNC2)cn(C)c1=O. The van der Waals surface area contributed by atoms with Gasteiger partial charge in [0.05, 0.1) is 17.1 Å². The number of hydrogen-bond acceptors (Lipinski definition) is 6. The number of aliphatic carboxylic acids is 1. The summed E-state index contributed by atoms with van der Waals surface area (Å²) in [5.74, 6) is 0.196. The van der Waals surface area contributed by atoms with Gasteiger partial charge in [-0.05, 0) is 69.5 Å². The maximum Gasteiger partial charge on any atom is 0.323 e. The van der Waals surface area contributed by atoms with E-state index in [9.17, 15) is 19.8 Å². The van der Waals surface area contributed by atoms with Crippen molar-refractivity contribution in [1.82, 2.24) is 24.8 Å². The highest BCUT2D eigenvalue weighted by Crippen LogP contribution is 2.28. The molecule has 1 fully saturated rings. The summed E-state index contributed by atoms with van der Waals surface area (Å²) in [7, 11) is 1.75. The Balaban J connectivity index is 1.75. The summed E-state index contributed by atoms with van der Waals surface area (Å²) in [6.07, 6.45) is 3.09. The number of benzene rings is 1. The zero-order chi connectivity index (χ0) is 24.4. The number of fused-ring (bicyclic) bond motifs is 1. The van der Waals surface area contributed by atoms with Crippen LogP contribution in [0.2, 0.25) is 0 Å². The molecule has 9 heteroatoms. The number of nitrogens with one attached hydrogen (secondary N) is 2. The standard InChI is InChI=1S/C25H33N5O4/c1-15-9-19(14-29(3)24(15)32)23-28-20-7-6-17(12-27-22(16(2)31)25(33)34)10-21(20)30(23)13-18-5-4-8-26-11-18/h6-7,9-10,14,16,18,22,26-27,31H,4-5,8,11-13H2,1-3H3,(H,33,34)/t16?,18-,22?/m0/s1. The van der Waals surface area contributed by atoms with Gasteiger partial charge in [-0.15, -0.1) is 0 Å². The van der Waals surface area contributed by atoms with Crippen LogP contribution in [0.15, 0.2) is 35.3 Å². The van der Waals surface area contributed by atoms with Crippen LogP contribution < -0.4 is 16.2 Å². The average Bonchev–Trinajstić information content (AvgIpc) is 3.15. The number of aromatic nitrogens is 3. The minimum Gasteiger partial charge on any atom is -0.480 e. The van der Waals surface area contributed by atoms with Gasteiger partial charge in [-0.25, -0.2) is 4.98 Å². The van der Waals surface area contributed by atoms with E-state index in [0.717, 1.165) is 60.5 Å². The monoisotopic (exact) mass is 467 g/mol. The number of piperidine rings is 1. The summed E-state index contributed by atoms with van der Waals surface area (Å²) in [4.78, 5) is 28.6. The Hall–Kier alpha value is -3.01. The predicted octanol–water partition coefficient (Wildman–Crippen LogP) is 1.63. The average molecular weight is 468 g/mol. The Labute approximate surface area is 198 Å². The molecule has 1 aromatic carbocycles. The van der Waals surface area contributed by atoms with Gasteiger partial charge in [0, 0.05) is 37.5 Å². The van der Waals surface area contributed by atoms with E-state index in [1.54, 1.807) is 11.6 Å². The largest absolute Gasteiger partial charge is 0.480 e. The van der Waals surface area contributed by atoms with Gasteiger partial charge in [0.25, 0.3) is 5.56 Å². The van der Waals surface area contributed by atoms with E-state index in [1.165, 1.54) is 6.92 Å². The summed E-state index contributed by atoms with van der Waals surface area (Å²) in [5.41, 5.74) is 4.25. The molecule has 4 N–H and O–H groups in total. The quantitative estimate of drug-likeness (QED) is 0.397. The van der Waals surface area contributed by atoms with Gasteiger partial charge in [0.15, 0.2) is 0 Å². The van der Waals surface area contributed by atoms with Gasteiger partial charge >= 0.3 is 5.97 Å². The van der Waals surface area contributed by atoms with E-state index < -0.39 is 18.1 Å². The van der Waals surface area contributed by atoms with Crippen molar-refractivity contribution >= 4 is 17.0 Å². The number of rotatable bonds is 8. The fourth-order valence-electron chi connectivity index (χ4n) is 4.71. The summed E-state index contributed by atoms with van der Waals surface area (Å²) in [5, 5.41) is 25.5. The fraction of sp³-hybridized carbons (Fsp3) is 0.480. The summed E-state index contributed by atoms with van der Waals surface area (Å²) >= 11 is 0. The van der Waals surface area contributed by atoms with Crippen molar-refractivity contribution in [2.24, 2.45) is 13.0 Å². The fourth-order valence-corrected chi connectivity index (χ4v) is 4.71. The van der Waals surface area contributed by atoms with Crippen LogP contribution in [0.1, 0.15) is 30.9 Å². The van der Waals surface area contributed by atoms with E-state index in [-0.39, 0.29) is 5.56 Å². The maximum atomic E-state index is 12.3. The molecule has 0 saturated carbocycles. The molecule has 0 spiro atoms. The van der Waals surface area contributed by atoms with Crippen molar-refractivity contribution in [2.45, 2.75) is 51.9 Å². The molecule has 1 saturated heterocycles. The lowest BCUT2D eigenvalue weighted by Crippen LogP contribution is -2.44. The zero-order valence-corrected chi connectivity index (χ0v) is 19.9. The van der Waals surface area contributed by atoms with Crippen molar-refractivity contribution in [3.63, 3.8) is 0 Å². The summed E-state index contributed by atoms with van der Waals surface area (Å²) in [6.45, 7) is 6.36. The zero-order valence-electron chi connectivity index (χ0n) is 19.9. The maximum absolute atomic E-state index is 12.3. The molecule has 2 aromatic heterocycles. The number of aliphatic hydroxyl groups excluding tert-OH is 1. The number of imidazole rings is 1. The Kier molecular flexibility index (Phi) is 7.16. The van der Waals surface area contributed by atoms with Gasteiger partial charge < -0.3 is 24.7 Å². The van der Waals surface area contributed by atoms with Crippen LogP contribution in [0.25, 0.3) is 22.4 Å². The minimum atomic E-state index is -1.08. The predicted molar refractivity (Wildman–Crippen MR) is 131 cm³/mol. The lowest BCUT2D eigenvalue weighted by molar-refractivity contribution is -0.142. The van der Waals surface area contributed by atoms with Crippen molar-refractivity contribution in [3.05, 3.63) is 51.9 Å². The van der Waals surface area contributed by atoms with Crippen LogP contribution in [0, 0.1) is 12.8 Å². The minimum absolute atomic E-state index is 0.0256. The number of carboxylic acids is 1. The molecule has 0 bridgehead atoms. The van der Waals surface area contributed by atoms with Crippen LogP contribution in [0.5, 0.6) is 0 Å². The first-order chi connectivity index (χ1) is 16.2. The number of hydrogen-bond donors (Lipinski definition) is 4. The van der Waals surface area contributed by atoms with Crippen molar-refractivity contribution in [3.8, 4) is 11.4 Å². The second-order valence-corrected chi connectivity index (χ2v) is 9.35. The van der Waals surface area contributed by atoms with Gasteiger partial charge in [-0.2, -0.15) is 0 Å². The number of aryl methyl sites for hydroxylation is 2. The lowest BCUT2D eigenvalue weighted by Gasteiger charge is -2.24. The Morgan fingerprint density at radius 2 is 2.15 bits per heavy atom. The Morgan fingerprint density at radius 3 is 2.79 bits per heavy atom. The highest BCUT2D eigenvalue weighted by molar-refractivity contribution is 5.81. The highest BCUT2D eigenvalue weighted by atomic mass is 16.4. The summed E-state index contributed by atoms with van der Waals surface area (Å²) < 4.78 is 3.81. The number of aliphatic hydroxyl groups is 1. The van der Waals surface area contributed by atoms with Gasteiger partial charge in [0.1, 0.15) is 11.9 Å². The molecular formula is C25H33N5O4. The van der Waals surface area contributed by atoms with E-state index in [2.05, 4.69) is 15.2 Å². The molecule has 34 heavy (non-hydrogen) atoms. The molecule has 2 unspecified atom stereocenters. The molecule has 0 aliphatic carbocycles. The number of pyridine rings is 1. The topological polar surface area (TPSA) is 121 Å². The van der Waals surface area contributed by atoms with E-state index in [1.807, 2.05) is 37.4 Å². The van der Waals surface area contributed by atoms with Crippen molar-refractivity contribution in [2.75, 3.05) is 13.1 Å². The molecule has 0 amide bonds.